The number of halogens is 7. The smallest absolute Gasteiger partial charge is 0.378 e. The van der Waals surface area contributed by atoms with E-state index in [1.165, 1.54) is 10.6 Å². The summed E-state index contributed by atoms with van der Waals surface area (Å²) in [5.41, 5.74) is -2.71. The summed E-state index contributed by atoms with van der Waals surface area (Å²) in [7, 11) is -1.49. The number of alkyl halides is 5. The molecule has 0 aliphatic rings. The molecule has 2 heterocycles. The number of ether oxygens (including phenoxy) is 2. The van der Waals surface area contributed by atoms with Crippen molar-refractivity contribution in [1.29, 1.82) is 0 Å². The van der Waals surface area contributed by atoms with Crippen molar-refractivity contribution in [3.05, 3.63) is 103 Å². The van der Waals surface area contributed by atoms with Crippen molar-refractivity contribution in [1.82, 2.24) is 14.3 Å². The molecule has 0 unspecified atom stereocenters. The van der Waals surface area contributed by atoms with E-state index < -0.39 is 68.4 Å². The third-order valence-corrected chi connectivity index (χ3v) is 10.0. The van der Waals surface area contributed by atoms with Crippen LogP contribution in [0, 0.1) is 5.82 Å². The van der Waals surface area contributed by atoms with E-state index in [4.69, 9.17) is 4.74 Å². The van der Waals surface area contributed by atoms with Crippen molar-refractivity contribution >= 4 is 40.5 Å². The molecule has 0 aliphatic carbocycles. The Morgan fingerprint density at radius 2 is 1.76 bits per heavy atom. The number of anilines is 1. The van der Waals surface area contributed by atoms with Gasteiger partial charge in [-0.25, -0.2) is 9.07 Å². The van der Waals surface area contributed by atoms with Crippen LogP contribution in [-0.4, -0.2) is 48.3 Å². The van der Waals surface area contributed by atoms with Gasteiger partial charge in [0.05, 0.1) is 28.4 Å². The SMILES string of the molecule is C[Si](C)(C)CCOCn1ncc(N[C@H](CCCn2c(Cc3ccccc3)cc3cc(Br)c(F)cc3c2=O)COC(F)F)c(C(F)(F)F)c1=O. The highest BCUT2D eigenvalue weighted by Crippen LogP contribution is 2.32. The van der Waals surface area contributed by atoms with Gasteiger partial charge in [0.15, 0.2) is 0 Å². The number of hydrogen-bond donors (Lipinski definition) is 1. The second-order valence-electron chi connectivity index (χ2n) is 12.8. The van der Waals surface area contributed by atoms with Gasteiger partial charge in [-0.1, -0.05) is 50.0 Å². The fourth-order valence-electron chi connectivity index (χ4n) is 5.19. The fraction of sp³-hybridized carbons (Fsp3) is 0.424. The van der Waals surface area contributed by atoms with Gasteiger partial charge >= 0.3 is 12.8 Å². The van der Waals surface area contributed by atoms with Crippen molar-refractivity contribution in [2.75, 3.05) is 18.5 Å². The molecule has 0 fully saturated rings. The lowest BCUT2D eigenvalue weighted by molar-refractivity contribution is -0.139. The molecule has 4 rings (SSSR count). The first-order valence-electron chi connectivity index (χ1n) is 15.5. The molecule has 2 aromatic carbocycles. The standard InChI is InChI=1S/C33H37BrF6N4O4Si/c1-49(2,3)13-12-47-20-44-31(46)29(33(38,39)40)28(18-41-44)42-23(19-48-32(36)37)10-7-11-43-24(14-21-8-5-4-6-9-21)15-22-16-26(34)27(35)17-25(22)30(43)45/h4-6,8-9,15-18,23,32,42H,7,10-14,19-20H2,1-3H3/t23-/m1/s1. The number of benzene rings is 2. The highest BCUT2D eigenvalue weighted by atomic mass is 79.9. The van der Waals surface area contributed by atoms with E-state index in [1.807, 2.05) is 30.3 Å². The van der Waals surface area contributed by atoms with E-state index in [2.05, 4.69) is 50.7 Å². The topological polar surface area (TPSA) is 87.4 Å². The maximum atomic E-state index is 14.4. The maximum Gasteiger partial charge on any atom is 0.423 e. The lowest BCUT2D eigenvalue weighted by Gasteiger charge is -2.23. The average molecular weight is 776 g/mol. The first-order valence-corrected chi connectivity index (χ1v) is 20.0. The Labute approximate surface area is 288 Å². The summed E-state index contributed by atoms with van der Waals surface area (Å²) in [6.45, 7) is 2.17. The van der Waals surface area contributed by atoms with Crippen LogP contribution in [0.1, 0.15) is 29.7 Å². The minimum Gasteiger partial charge on any atom is -0.378 e. The maximum absolute atomic E-state index is 14.4. The molecular weight excluding hydrogens is 738 g/mol. The summed E-state index contributed by atoms with van der Waals surface area (Å²) in [6.07, 6.45) is -3.88. The first kappa shape index (κ1) is 38.3. The Hall–Kier alpha value is -3.47. The zero-order chi connectivity index (χ0) is 35.9. The lowest BCUT2D eigenvalue weighted by Crippen LogP contribution is -2.35. The molecule has 49 heavy (non-hydrogen) atoms. The highest BCUT2D eigenvalue weighted by Gasteiger charge is 2.39. The van der Waals surface area contributed by atoms with Crippen LogP contribution in [0.4, 0.5) is 32.0 Å². The normalized spacial score (nSPS) is 13.0. The zero-order valence-corrected chi connectivity index (χ0v) is 29.7. The molecule has 0 spiro atoms. The van der Waals surface area contributed by atoms with Gasteiger partial charge in [-0.05, 0) is 64.0 Å². The Balaban J connectivity index is 1.59. The van der Waals surface area contributed by atoms with Crippen LogP contribution in [0.25, 0.3) is 10.8 Å². The van der Waals surface area contributed by atoms with Crippen molar-refractivity contribution in [2.45, 2.75) is 77.1 Å². The van der Waals surface area contributed by atoms with Crippen molar-refractivity contribution in [3.63, 3.8) is 0 Å². The van der Waals surface area contributed by atoms with Gasteiger partial charge in [0.2, 0.25) is 0 Å². The number of nitrogens with zero attached hydrogens (tertiary/aromatic N) is 3. The summed E-state index contributed by atoms with van der Waals surface area (Å²) in [4.78, 5) is 26.5. The highest BCUT2D eigenvalue weighted by molar-refractivity contribution is 9.10. The van der Waals surface area contributed by atoms with Crippen LogP contribution < -0.4 is 16.4 Å². The second-order valence-corrected chi connectivity index (χ2v) is 19.2. The van der Waals surface area contributed by atoms with Crippen LogP contribution in [0.15, 0.2) is 68.8 Å². The first-order chi connectivity index (χ1) is 23.0. The minimum atomic E-state index is -5.11. The summed E-state index contributed by atoms with van der Waals surface area (Å²) in [5.74, 6) is -0.630. The quantitative estimate of drug-likeness (QED) is 0.0709. The van der Waals surface area contributed by atoms with Gasteiger partial charge < -0.3 is 19.4 Å². The monoisotopic (exact) mass is 774 g/mol. The molecule has 4 aromatic rings. The van der Waals surface area contributed by atoms with E-state index in [9.17, 15) is 35.9 Å². The number of hydrogen-bond acceptors (Lipinski definition) is 6. The predicted molar refractivity (Wildman–Crippen MR) is 181 cm³/mol. The molecule has 0 radical (unpaired) electrons. The molecule has 0 amide bonds. The molecule has 1 N–H and O–H groups in total. The van der Waals surface area contributed by atoms with Gasteiger partial charge in [0.25, 0.3) is 11.1 Å². The van der Waals surface area contributed by atoms with Gasteiger partial charge in [-0.15, -0.1) is 0 Å². The molecule has 16 heteroatoms. The van der Waals surface area contributed by atoms with E-state index >= 15 is 0 Å². The Morgan fingerprint density at radius 3 is 2.41 bits per heavy atom. The summed E-state index contributed by atoms with van der Waals surface area (Å²) in [6, 6.07) is 13.3. The van der Waals surface area contributed by atoms with E-state index in [1.54, 1.807) is 6.07 Å². The molecule has 1 atom stereocenters. The zero-order valence-electron chi connectivity index (χ0n) is 27.1. The third kappa shape index (κ3) is 10.8. The molecule has 266 valence electrons. The number of aromatic nitrogens is 3. The van der Waals surface area contributed by atoms with Crippen LogP contribution in [-0.2, 0) is 35.3 Å². The van der Waals surface area contributed by atoms with Crippen molar-refractivity contribution in [2.24, 2.45) is 0 Å². The lowest BCUT2D eigenvalue weighted by atomic mass is 10.0. The van der Waals surface area contributed by atoms with Crippen molar-refractivity contribution in [3.8, 4) is 0 Å². The summed E-state index contributed by atoms with van der Waals surface area (Å²) >= 11 is 3.15. The molecular formula is C33H37BrF6N4O4Si. The van der Waals surface area contributed by atoms with Crippen LogP contribution in [0.3, 0.4) is 0 Å². The Morgan fingerprint density at radius 1 is 1.04 bits per heavy atom. The molecule has 8 nitrogen and oxygen atoms in total. The molecule has 0 saturated carbocycles. The predicted octanol–water partition coefficient (Wildman–Crippen LogP) is 7.88. The van der Waals surface area contributed by atoms with E-state index in [-0.39, 0.29) is 35.9 Å². The molecule has 0 bridgehead atoms. The number of pyridine rings is 1. The average Bonchev–Trinajstić information content (AvgIpc) is 3.00. The van der Waals surface area contributed by atoms with Gasteiger partial charge in [0.1, 0.15) is 18.1 Å². The van der Waals surface area contributed by atoms with Crippen LogP contribution >= 0.6 is 15.9 Å². The van der Waals surface area contributed by atoms with Crippen molar-refractivity contribution < 1.29 is 35.8 Å². The Kier molecular flexibility index (Phi) is 12.9. The van der Waals surface area contributed by atoms with E-state index in [0.29, 0.717) is 22.2 Å². The van der Waals surface area contributed by atoms with Crippen LogP contribution in [0.2, 0.25) is 25.7 Å². The number of nitrogens with one attached hydrogen (secondary N) is 1. The molecule has 2 aromatic heterocycles. The van der Waals surface area contributed by atoms with Gasteiger partial charge in [0, 0.05) is 39.4 Å². The van der Waals surface area contributed by atoms with Gasteiger partial charge in [-0.2, -0.15) is 27.1 Å². The summed E-state index contributed by atoms with van der Waals surface area (Å²) < 4.78 is 95.2. The number of fused-ring (bicyclic) bond motifs is 1. The largest absolute Gasteiger partial charge is 0.423 e. The number of rotatable bonds is 16. The second kappa shape index (κ2) is 16.5. The minimum absolute atomic E-state index is 0.0300. The van der Waals surface area contributed by atoms with Gasteiger partial charge in [-0.3, -0.25) is 9.59 Å². The Bertz CT molecular complexity index is 1850. The fourth-order valence-corrected chi connectivity index (χ4v) is 6.31. The summed E-state index contributed by atoms with van der Waals surface area (Å²) in [5, 5.41) is 6.99. The van der Waals surface area contributed by atoms with Crippen LogP contribution in [0.5, 0.6) is 0 Å². The molecule has 0 aliphatic heterocycles. The molecule has 0 saturated heterocycles. The third-order valence-electron chi connectivity index (χ3n) is 7.72. The van der Waals surface area contributed by atoms with E-state index in [0.717, 1.165) is 23.9 Å².